The van der Waals surface area contributed by atoms with Crippen molar-refractivity contribution in [3.05, 3.63) is 29.3 Å². The summed E-state index contributed by atoms with van der Waals surface area (Å²) in [5.74, 6) is 0. The Bertz CT molecular complexity index is 321. The molecule has 0 fully saturated rings. The van der Waals surface area contributed by atoms with Gasteiger partial charge in [-0.2, -0.15) is 0 Å². The summed E-state index contributed by atoms with van der Waals surface area (Å²) in [6.07, 6.45) is 0. The number of aromatic nitrogens is 1. The lowest BCUT2D eigenvalue weighted by atomic mass is 10.3. The van der Waals surface area contributed by atoms with Crippen LogP contribution in [0.4, 0.5) is 0 Å². The van der Waals surface area contributed by atoms with Crippen LogP contribution in [0.1, 0.15) is 5.01 Å². The van der Waals surface area contributed by atoms with E-state index in [4.69, 9.17) is 0 Å². The first-order chi connectivity index (χ1) is 5.86. The number of fused-ring (bicyclic) bond motifs is 1. The molecule has 64 valence electrons. The first-order valence-corrected chi connectivity index (χ1v) is 4.58. The fraction of sp³-hybridized carbons (Fsp3) is 0.222. The zero-order valence-electron chi connectivity index (χ0n) is 7.24. The number of benzene rings is 1. The molecule has 0 aliphatic heterocycles. The standard InChI is InChI=1S/C8H7NS.CH5N/c1-6-9-7-4-2-3-5-8(7)10-6;1-2/h2-5H,1H3;2H2,1H3. The maximum absolute atomic E-state index is 4.50. The Morgan fingerprint density at radius 3 is 2.58 bits per heavy atom. The van der Waals surface area contributed by atoms with E-state index >= 15 is 0 Å². The normalized spacial score (nSPS) is 9.25. The van der Waals surface area contributed by atoms with E-state index in [1.807, 2.05) is 25.1 Å². The molecule has 1 heterocycles. The third kappa shape index (κ3) is 1.81. The van der Waals surface area contributed by atoms with Gasteiger partial charge in [0.25, 0.3) is 0 Å². The molecule has 1 aromatic heterocycles. The monoisotopic (exact) mass is 180 g/mol. The van der Waals surface area contributed by atoms with Crippen molar-refractivity contribution in [3.8, 4) is 0 Å². The van der Waals surface area contributed by atoms with Crippen molar-refractivity contribution in [1.82, 2.24) is 4.98 Å². The second kappa shape index (κ2) is 4.18. The van der Waals surface area contributed by atoms with Crippen molar-refractivity contribution in [3.63, 3.8) is 0 Å². The van der Waals surface area contributed by atoms with Crippen LogP contribution in [-0.2, 0) is 0 Å². The maximum Gasteiger partial charge on any atom is 0.0907 e. The van der Waals surface area contributed by atoms with Gasteiger partial charge in [0.2, 0.25) is 0 Å². The van der Waals surface area contributed by atoms with Crippen molar-refractivity contribution in [2.45, 2.75) is 6.92 Å². The molecular weight excluding hydrogens is 168 g/mol. The molecule has 0 unspecified atom stereocenters. The second-order valence-corrected chi connectivity index (χ2v) is 3.44. The molecule has 0 spiro atoms. The van der Waals surface area contributed by atoms with Crippen LogP contribution >= 0.6 is 11.3 Å². The number of thiazole rings is 1. The van der Waals surface area contributed by atoms with Crippen molar-refractivity contribution < 1.29 is 0 Å². The lowest BCUT2D eigenvalue weighted by molar-refractivity contribution is 1.35. The topological polar surface area (TPSA) is 38.9 Å². The molecule has 0 atom stereocenters. The quantitative estimate of drug-likeness (QED) is 0.675. The zero-order valence-corrected chi connectivity index (χ0v) is 8.06. The van der Waals surface area contributed by atoms with Crippen LogP contribution in [-0.4, -0.2) is 12.0 Å². The summed E-state index contributed by atoms with van der Waals surface area (Å²) in [6.45, 7) is 2.03. The molecule has 0 aliphatic rings. The molecule has 2 aromatic rings. The Morgan fingerprint density at radius 2 is 1.92 bits per heavy atom. The minimum Gasteiger partial charge on any atom is -0.333 e. The lowest BCUT2D eigenvalue weighted by Crippen LogP contribution is -1.69. The Hall–Kier alpha value is -0.930. The Labute approximate surface area is 76.0 Å². The molecular formula is C9H12N2S. The van der Waals surface area contributed by atoms with Gasteiger partial charge >= 0.3 is 0 Å². The van der Waals surface area contributed by atoms with Crippen LogP contribution in [0.5, 0.6) is 0 Å². The molecule has 2 nitrogen and oxygen atoms in total. The smallest absolute Gasteiger partial charge is 0.0907 e. The van der Waals surface area contributed by atoms with Gasteiger partial charge in [-0.1, -0.05) is 12.1 Å². The molecule has 3 heteroatoms. The van der Waals surface area contributed by atoms with Gasteiger partial charge in [0.05, 0.1) is 15.2 Å². The first kappa shape index (κ1) is 9.16. The Balaban J connectivity index is 0.000000336. The van der Waals surface area contributed by atoms with Crippen molar-refractivity contribution >= 4 is 21.6 Å². The summed E-state index contributed by atoms with van der Waals surface area (Å²) in [5.41, 5.74) is 5.62. The van der Waals surface area contributed by atoms with Crippen molar-refractivity contribution in [2.24, 2.45) is 5.73 Å². The molecule has 0 amide bonds. The van der Waals surface area contributed by atoms with Crippen LogP contribution in [0, 0.1) is 6.92 Å². The van der Waals surface area contributed by atoms with E-state index in [0.717, 1.165) is 10.5 Å². The third-order valence-corrected chi connectivity index (χ3v) is 2.35. The minimum atomic E-state index is 1.12. The fourth-order valence-electron chi connectivity index (χ4n) is 0.987. The molecule has 0 aliphatic carbocycles. The number of aryl methyl sites for hydroxylation is 1. The van der Waals surface area contributed by atoms with Gasteiger partial charge in [-0.3, -0.25) is 0 Å². The van der Waals surface area contributed by atoms with E-state index in [1.165, 1.54) is 11.7 Å². The Kier molecular flexibility index (Phi) is 3.19. The molecule has 0 bridgehead atoms. The van der Waals surface area contributed by atoms with E-state index in [9.17, 15) is 0 Å². The van der Waals surface area contributed by atoms with Gasteiger partial charge in [0, 0.05) is 0 Å². The highest BCUT2D eigenvalue weighted by Crippen LogP contribution is 2.19. The summed E-state index contributed by atoms with van der Waals surface area (Å²) < 4.78 is 1.28. The molecule has 2 rings (SSSR count). The summed E-state index contributed by atoms with van der Waals surface area (Å²) >= 11 is 1.74. The van der Waals surface area contributed by atoms with E-state index in [0.29, 0.717) is 0 Å². The van der Waals surface area contributed by atoms with Crippen LogP contribution in [0.3, 0.4) is 0 Å². The van der Waals surface area contributed by atoms with Crippen LogP contribution in [0.15, 0.2) is 24.3 Å². The molecule has 12 heavy (non-hydrogen) atoms. The minimum absolute atomic E-state index is 1.12. The van der Waals surface area contributed by atoms with Crippen LogP contribution < -0.4 is 5.73 Å². The van der Waals surface area contributed by atoms with Gasteiger partial charge in [0.15, 0.2) is 0 Å². The lowest BCUT2D eigenvalue weighted by Gasteiger charge is -1.80. The molecule has 0 saturated heterocycles. The highest BCUT2D eigenvalue weighted by atomic mass is 32.1. The zero-order chi connectivity index (χ0) is 8.97. The number of hydrogen-bond acceptors (Lipinski definition) is 3. The number of hydrogen-bond donors (Lipinski definition) is 1. The van der Waals surface area contributed by atoms with E-state index in [1.54, 1.807) is 11.3 Å². The predicted molar refractivity (Wildman–Crippen MR) is 54.5 cm³/mol. The summed E-state index contributed by atoms with van der Waals surface area (Å²) in [6, 6.07) is 8.19. The van der Waals surface area contributed by atoms with Crippen LogP contribution in [0.2, 0.25) is 0 Å². The highest BCUT2D eigenvalue weighted by Gasteiger charge is 1.95. The van der Waals surface area contributed by atoms with Gasteiger partial charge in [-0.15, -0.1) is 11.3 Å². The molecule has 2 N–H and O–H groups in total. The number of nitrogens with two attached hydrogens (primary N) is 1. The third-order valence-electron chi connectivity index (χ3n) is 1.40. The van der Waals surface area contributed by atoms with E-state index < -0.39 is 0 Å². The first-order valence-electron chi connectivity index (χ1n) is 3.76. The van der Waals surface area contributed by atoms with E-state index in [-0.39, 0.29) is 0 Å². The Morgan fingerprint density at radius 1 is 1.25 bits per heavy atom. The van der Waals surface area contributed by atoms with Crippen molar-refractivity contribution in [1.29, 1.82) is 0 Å². The SMILES string of the molecule is CN.Cc1nc2ccccc2s1. The summed E-state index contributed by atoms with van der Waals surface area (Å²) in [5, 5.41) is 1.14. The number of nitrogens with zero attached hydrogens (tertiary/aromatic N) is 1. The highest BCUT2D eigenvalue weighted by molar-refractivity contribution is 7.18. The average Bonchev–Trinajstić information content (AvgIpc) is 2.48. The molecule has 1 aromatic carbocycles. The predicted octanol–water partition coefficient (Wildman–Crippen LogP) is 2.18. The van der Waals surface area contributed by atoms with Gasteiger partial charge < -0.3 is 5.73 Å². The largest absolute Gasteiger partial charge is 0.333 e. The molecule has 0 saturated carbocycles. The number of rotatable bonds is 0. The fourth-order valence-corrected chi connectivity index (χ4v) is 1.81. The van der Waals surface area contributed by atoms with Crippen molar-refractivity contribution in [2.75, 3.05) is 7.05 Å². The van der Waals surface area contributed by atoms with Gasteiger partial charge in [-0.25, -0.2) is 4.98 Å². The van der Waals surface area contributed by atoms with Gasteiger partial charge in [0.1, 0.15) is 0 Å². The molecule has 0 radical (unpaired) electrons. The number of para-hydroxylation sites is 1. The van der Waals surface area contributed by atoms with Crippen LogP contribution in [0.25, 0.3) is 10.2 Å². The summed E-state index contributed by atoms with van der Waals surface area (Å²) in [7, 11) is 1.50. The average molecular weight is 180 g/mol. The summed E-state index contributed by atoms with van der Waals surface area (Å²) in [4.78, 5) is 4.33. The maximum atomic E-state index is 4.50. The second-order valence-electron chi connectivity index (χ2n) is 2.20. The van der Waals surface area contributed by atoms with E-state index in [2.05, 4.69) is 16.8 Å². The van der Waals surface area contributed by atoms with Gasteiger partial charge in [-0.05, 0) is 26.1 Å².